The summed E-state index contributed by atoms with van der Waals surface area (Å²) in [6, 6.07) is 80.9. The molecule has 378 valence electrons. The Balaban J connectivity index is 1.09. The molecule has 2 aliphatic carbocycles. The van der Waals surface area contributed by atoms with Crippen LogP contribution in [0.15, 0.2) is 218 Å². The molecule has 8 aliphatic rings. The van der Waals surface area contributed by atoms with Gasteiger partial charge in [0.25, 0.3) is 0 Å². The van der Waals surface area contributed by atoms with Gasteiger partial charge < -0.3 is 28.7 Å². The van der Waals surface area contributed by atoms with E-state index in [2.05, 4.69) is 256 Å². The lowest BCUT2D eigenvalue weighted by Crippen LogP contribution is -2.82. The molecule has 0 radical (unpaired) electrons. The predicted molar refractivity (Wildman–Crippen MR) is 326 cm³/mol. The maximum Gasteiger partial charge on any atom is 0.203 e. The topological polar surface area (TPSA) is 43.4 Å². The second kappa shape index (κ2) is 14.5. The summed E-state index contributed by atoms with van der Waals surface area (Å²) in [6.07, 6.45) is 0. The van der Waals surface area contributed by atoms with Crippen LogP contribution in [0.5, 0.6) is 46.0 Å². The van der Waals surface area contributed by atoms with Crippen LogP contribution in [0.25, 0.3) is 22.3 Å². The van der Waals surface area contributed by atoms with E-state index in [-0.39, 0.29) is 10.8 Å². The molecule has 0 amide bonds. The first-order chi connectivity index (χ1) is 39.2. The van der Waals surface area contributed by atoms with Gasteiger partial charge >= 0.3 is 0 Å². The Kier molecular flexibility index (Phi) is 7.89. The molecular formula is C72H48N2O4Si2. The van der Waals surface area contributed by atoms with E-state index in [0.717, 1.165) is 101 Å². The smallest absolute Gasteiger partial charge is 0.203 e. The summed E-state index contributed by atoms with van der Waals surface area (Å²) in [5.41, 5.74) is 15.4. The summed E-state index contributed by atoms with van der Waals surface area (Å²) in [5.74, 6) is 6.95. The van der Waals surface area contributed by atoms with Gasteiger partial charge in [-0.3, -0.25) is 0 Å². The first-order valence-electron chi connectivity index (χ1n) is 27.9. The lowest BCUT2D eigenvalue weighted by molar-refractivity contribution is 0.448. The molecule has 0 aromatic heterocycles. The van der Waals surface area contributed by atoms with Crippen LogP contribution < -0.4 is 70.2 Å². The summed E-state index contributed by atoms with van der Waals surface area (Å²) >= 11 is 0. The molecule has 6 nitrogen and oxygen atoms in total. The summed E-state index contributed by atoms with van der Waals surface area (Å²) < 4.78 is 31.7. The van der Waals surface area contributed by atoms with E-state index in [1.807, 2.05) is 0 Å². The number of benzene rings is 11. The molecule has 6 aliphatic heterocycles. The van der Waals surface area contributed by atoms with Gasteiger partial charge in [0.05, 0.1) is 22.7 Å². The van der Waals surface area contributed by atoms with E-state index in [1.54, 1.807) is 0 Å². The highest BCUT2D eigenvalue weighted by Gasteiger charge is 2.67. The van der Waals surface area contributed by atoms with Crippen LogP contribution in [0.4, 0.5) is 34.1 Å². The lowest BCUT2D eigenvalue weighted by Gasteiger charge is -2.56. The third-order valence-electron chi connectivity index (χ3n) is 19.4. The molecule has 0 fully saturated rings. The number of rotatable bonds is 4. The number of ether oxygens (including phenoxy) is 4. The van der Waals surface area contributed by atoms with Gasteiger partial charge in [-0.25, -0.2) is 0 Å². The standard InChI is InChI=1S/C72H48N2O4Si2/c1-71(2)49-33-19-17-31-45(49)47-39-51-65-61(57(47)71)75-53-35-21-37-55-67(53)79(65,43-27-13-7-14-28-43)69-59(73(51)41-23-9-5-10-24-41)64-70-60(63(69)77-55)74(42-25-11-6-12-26-42)52-40-48-46-32-18-20-34-50(46)72(3,4)58(48)62-66(52)80(70,44-29-15-8-16-30-44)68-54(76-62)36-22-38-56(68)78-64/h5-40H,1-4H3. The van der Waals surface area contributed by atoms with Crippen molar-refractivity contribution in [1.82, 2.24) is 0 Å². The number of hydrogen-bond acceptors (Lipinski definition) is 6. The largest absolute Gasteiger partial charge is 0.457 e. The number of nitrogens with zero attached hydrogens (tertiary/aromatic N) is 2. The predicted octanol–water partition coefficient (Wildman–Crippen LogP) is 13.0. The van der Waals surface area contributed by atoms with Crippen LogP contribution in [-0.4, -0.2) is 16.1 Å². The normalized spacial score (nSPS) is 19.4. The number of anilines is 6. The lowest BCUT2D eigenvalue weighted by atomic mass is 9.81. The Morgan fingerprint density at radius 3 is 1.04 bits per heavy atom. The molecule has 0 saturated carbocycles. The quantitative estimate of drug-likeness (QED) is 0.164. The van der Waals surface area contributed by atoms with Crippen LogP contribution in [0.2, 0.25) is 0 Å². The van der Waals surface area contributed by atoms with E-state index in [9.17, 15) is 0 Å². The molecule has 2 unspecified atom stereocenters. The van der Waals surface area contributed by atoms with Gasteiger partial charge in [-0.2, -0.15) is 0 Å². The fraction of sp³-hybridized carbons (Fsp3) is 0.0833. The zero-order valence-electron chi connectivity index (χ0n) is 44.3. The molecule has 0 saturated heterocycles. The average Bonchev–Trinajstić information content (AvgIpc) is 1.25. The van der Waals surface area contributed by atoms with E-state index < -0.39 is 16.1 Å². The fourth-order valence-corrected chi connectivity index (χ4v) is 27.5. The summed E-state index contributed by atoms with van der Waals surface area (Å²) in [4.78, 5) is 5.10. The number of hydrogen-bond donors (Lipinski definition) is 0. The highest BCUT2D eigenvalue weighted by Crippen LogP contribution is 2.64. The molecular weight excluding hydrogens is 1010 g/mol. The molecule has 80 heavy (non-hydrogen) atoms. The van der Waals surface area contributed by atoms with Crippen LogP contribution in [0, 0.1) is 0 Å². The first-order valence-corrected chi connectivity index (χ1v) is 31.9. The Morgan fingerprint density at radius 2 is 0.650 bits per heavy atom. The zero-order valence-corrected chi connectivity index (χ0v) is 46.3. The first kappa shape index (κ1) is 43.6. The molecule has 8 heteroatoms. The second-order valence-electron chi connectivity index (χ2n) is 23.7. The Bertz CT molecular complexity index is 4380. The van der Waals surface area contributed by atoms with Crippen molar-refractivity contribution >= 4 is 91.8 Å². The minimum absolute atomic E-state index is 0.383. The van der Waals surface area contributed by atoms with Gasteiger partial charge in [0.2, 0.25) is 16.1 Å². The molecule has 19 rings (SSSR count). The summed E-state index contributed by atoms with van der Waals surface area (Å²) in [7, 11) is -7.25. The Labute approximate surface area is 465 Å². The van der Waals surface area contributed by atoms with Crippen molar-refractivity contribution in [2.75, 3.05) is 9.80 Å². The van der Waals surface area contributed by atoms with Crippen molar-refractivity contribution in [3.8, 4) is 68.2 Å². The molecule has 2 atom stereocenters. The molecule has 0 spiro atoms. The van der Waals surface area contributed by atoms with Crippen LogP contribution in [0.1, 0.15) is 49.9 Å². The van der Waals surface area contributed by atoms with Crippen LogP contribution in [0.3, 0.4) is 0 Å². The van der Waals surface area contributed by atoms with Crippen LogP contribution >= 0.6 is 0 Å². The minimum atomic E-state index is -3.62. The molecule has 0 N–H and O–H groups in total. The van der Waals surface area contributed by atoms with E-state index in [1.165, 1.54) is 65.3 Å². The highest BCUT2D eigenvalue weighted by atomic mass is 28.3. The van der Waals surface area contributed by atoms with Crippen molar-refractivity contribution in [2.45, 2.75) is 38.5 Å². The van der Waals surface area contributed by atoms with E-state index >= 15 is 0 Å². The van der Waals surface area contributed by atoms with E-state index in [4.69, 9.17) is 18.9 Å². The molecule has 6 heterocycles. The van der Waals surface area contributed by atoms with Gasteiger partial charge in [0.1, 0.15) is 34.5 Å². The van der Waals surface area contributed by atoms with Gasteiger partial charge in [-0.15, -0.1) is 0 Å². The van der Waals surface area contributed by atoms with Crippen molar-refractivity contribution in [1.29, 1.82) is 0 Å². The molecule has 11 aromatic carbocycles. The van der Waals surface area contributed by atoms with Crippen molar-refractivity contribution in [2.24, 2.45) is 0 Å². The van der Waals surface area contributed by atoms with Gasteiger partial charge in [-0.05, 0) is 104 Å². The third kappa shape index (κ3) is 4.77. The Morgan fingerprint density at radius 1 is 0.312 bits per heavy atom. The maximum atomic E-state index is 8.12. The minimum Gasteiger partial charge on any atom is -0.457 e. The second-order valence-corrected chi connectivity index (χ2v) is 30.9. The number of fused-ring (bicyclic) bond motifs is 10. The third-order valence-corrected chi connectivity index (χ3v) is 29.1. The van der Waals surface area contributed by atoms with Crippen molar-refractivity contribution in [3.05, 3.63) is 241 Å². The summed E-state index contributed by atoms with van der Waals surface area (Å²) in [6.45, 7) is 9.54. The zero-order chi connectivity index (χ0) is 52.8. The monoisotopic (exact) mass is 1060 g/mol. The summed E-state index contributed by atoms with van der Waals surface area (Å²) in [5, 5.41) is 9.57. The van der Waals surface area contributed by atoms with Gasteiger partial charge in [0, 0.05) is 64.5 Å². The van der Waals surface area contributed by atoms with Gasteiger partial charge in [-0.1, -0.05) is 185 Å². The van der Waals surface area contributed by atoms with Gasteiger partial charge in [0.15, 0.2) is 11.5 Å². The fourth-order valence-electron chi connectivity index (χ4n) is 16.5. The average molecular weight is 1060 g/mol. The maximum absolute atomic E-state index is 8.12. The molecule has 0 bridgehead atoms. The van der Waals surface area contributed by atoms with Crippen molar-refractivity contribution in [3.63, 3.8) is 0 Å². The highest BCUT2D eigenvalue weighted by molar-refractivity contribution is 7.25. The van der Waals surface area contributed by atoms with E-state index in [0.29, 0.717) is 0 Å². The number of para-hydroxylation sites is 2. The Hall–Kier alpha value is -9.35. The van der Waals surface area contributed by atoms with Crippen molar-refractivity contribution < 1.29 is 18.9 Å². The molecule has 11 aromatic rings. The van der Waals surface area contributed by atoms with Crippen LogP contribution in [-0.2, 0) is 10.8 Å². The SMILES string of the molecule is CC1(C)c2ccccc2-c2cc3c4c(c21)Oc1cccc2c1[Si]4(c1ccccc1)c1c(c4c5c(c1N3c1ccccc1)Oc1cccc3c1[Si]5(c1ccccc1)c1c(cc5c(c1O3)C(C)(C)c1ccccc1-5)N4c1ccccc1)O2.